The fourth-order valence-corrected chi connectivity index (χ4v) is 3.81. The zero-order valence-electron chi connectivity index (χ0n) is 16.1. The zero-order chi connectivity index (χ0) is 21.8. The van der Waals surface area contributed by atoms with Crippen LogP contribution in [0.4, 0.5) is 23.4 Å². The molecule has 0 aliphatic carbocycles. The van der Waals surface area contributed by atoms with Crippen LogP contribution < -0.4 is 10.5 Å². The summed E-state index contributed by atoms with van der Waals surface area (Å²) < 4.78 is 55.4. The molecule has 3 aromatic rings. The van der Waals surface area contributed by atoms with Crippen molar-refractivity contribution < 1.29 is 17.6 Å². The molecule has 1 fully saturated rings. The van der Waals surface area contributed by atoms with Gasteiger partial charge in [-0.05, 0) is 31.5 Å². The van der Waals surface area contributed by atoms with Crippen LogP contribution in [-0.4, -0.2) is 33.8 Å². The third kappa shape index (κ3) is 3.51. The van der Waals surface area contributed by atoms with Gasteiger partial charge in [0.05, 0.1) is 22.5 Å². The summed E-state index contributed by atoms with van der Waals surface area (Å²) in [6.07, 6.45) is -4.36. The minimum atomic E-state index is -4.30. The third-order valence-corrected chi connectivity index (χ3v) is 5.67. The molecule has 0 unspecified atom stereocenters. The predicted molar refractivity (Wildman–Crippen MR) is 106 cm³/mol. The Hall–Kier alpha value is -2.68. The maximum absolute atomic E-state index is 14.7. The van der Waals surface area contributed by atoms with Gasteiger partial charge in [-0.1, -0.05) is 11.6 Å². The first-order valence-corrected chi connectivity index (χ1v) is 9.59. The quantitative estimate of drug-likeness (QED) is 0.551. The highest BCUT2D eigenvalue weighted by Gasteiger charge is 2.44. The molecule has 0 radical (unpaired) electrons. The van der Waals surface area contributed by atoms with Crippen LogP contribution >= 0.6 is 11.6 Å². The van der Waals surface area contributed by atoms with Crippen molar-refractivity contribution in [2.75, 3.05) is 18.0 Å². The number of alkyl halides is 3. The van der Waals surface area contributed by atoms with Crippen LogP contribution in [0.3, 0.4) is 0 Å². The number of hydrogen-bond donors (Lipinski definition) is 0. The van der Waals surface area contributed by atoms with Gasteiger partial charge in [-0.25, -0.2) is 14.4 Å². The SMILES string of the molecule is Cc1nc2cc(N3CC[C@H](C(F)(F)F)C3)nc(-c3ccc(Cl)cc3F)c2c(=O)n1C. The second-order valence-electron chi connectivity index (χ2n) is 7.34. The van der Waals surface area contributed by atoms with Crippen molar-refractivity contribution in [3.8, 4) is 11.3 Å². The summed E-state index contributed by atoms with van der Waals surface area (Å²) in [6, 6.07) is 5.44. The molecule has 1 aliphatic heterocycles. The van der Waals surface area contributed by atoms with E-state index >= 15 is 0 Å². The molecule has 3 heterocycles. The number of fused-ring (bicyclic) bond motifs is 1. The molecule has 5 nitrogen and oxygen atoms in total. The van der Waals surface area contributed by atoms with Gasteiger partial charge in [-0.2, -0.15) is 13.2 Å². The Kier molecular flexibility index (Phi) is 4.96. The van der Waals surface area contributed by atoms with Gasteiger partial charge in [0.15, 0.2) is 0 Å². The topological polar surface area (TPSA) is 51.0 Å². The number of aromatic nitrogens is 3. The number of pyridine rings is 1. The Morgan fingerprint density at radius 1 is 1.20 bits per heavy atom. The smallest absolute Gasteiger partial charge is 0.356 e. The molecule has 0 spiro atoms. The standard InChI is InChI=1S/C20H17ClF4N4O/c1-10-26-15-8-16(29-6-5-11(9-29)20(23,24)25)27-18(17(15)19(30)28(10)2)13-4-3-12(21)7-14(13)22/h3-4,7-8,11H,5-6,9H2,1-2H3/t11-/m0/s1. The van der Waals surface area contributed by atoms with Gasteiger partial charge < -0.3 is 4.90 Å². The summed E-state index contributed by atoms with van der Waals surface area (Å²) in [5.41, 5.74) is -0.114. The van der Waals surface area contributed by atoms with Gasteiger partial charge in [0.1, 0.15) is 17.5 Å². The van der Waals surface area contributed by atoms with Crippen LogP contribution in [0.5, 0.6) is 0 Å². The van der Waals surface area contributed by atoms with E-state index in [1.807, 2.05) is 0 Å². The van der Waals surface area contributed by atoms with Crippen LogP contribution in [-0.2, 0) is 7.05 Å². The van der Waals surface area contributed by atoms with Crippen molar-refractivity contribution in [1.29, 1.82) is 0 Å². The lowest BCUT2D eigenvalue weighted by molar-refractivity contribution is -0.168. The highest BCUT2D eigenvalue weighted by molar-refractivity contribution is 6.30. The average molecular weight is 441 g/mol. The van der Waals surface area contributed by atoms with E-state index in [0.29, 0.717) is 5.82 Å². The van der Waals surface area contributed by atoms with Crippen molar-refractivity contribution >= 4 is 28.3 Å². The van der Waals surface area contributed by atoms with E-state index in [4.69, 9.17) is 11.6 Å². The third-order valence-electron chi connectivity index (χ3n) is 5.43. The first-order valence-electron chi connectivity index (χ1n) is 9.21. The van der Waals surface area contributed by atoms with Crippen LogP contribution in [0.25, 0.3) is 22.2 Å². The molecule has 10 heteroatoms. The summed E-state index contributed by atoms with van der Waals surface area (Å²) in [4.78, 5) is 23.2. The summed E-state index contributed by atoms with van der Waals surface area (Å²) in [7, 11) is 1.54. The lowest BCUT2D eigenvalue weighted by Gasteiger charge is -2.20. The molecule has 0 N–H and O–H groups in total. The Balaban J connectivity index is 1.95. The second-order valence-corrected chi connectivity index (χ2v) is 7.78. The van der Waals surface area contributed by atoms with Gasteiger partial charge in [-0.15, -0.1) is 0 Å². The van der Waals surface area contributed by atoms with Crippen LogP contribution in [0.2, 0.25) is 5.02 Å². The molecule has 0 saturated carbocycles. The van der Waals surface area contributed by atoms with Gasteiger partial charge in [0.25, 0.3) is 5.56 Å². The van der Waals surface area contributed by atoms with Crippen molar-refractivity contribution in [3.63, 3.8) is 0 Å². The van der Waals surface area contributed by atoms with E-state index in [1.54, 1.807) is 6.92 Å². The normalized spacial score (nSPS) is 17.2. The van der Waals surface area contributed by atoms with Crippen molar-refractivity contribution in [1.82, 2.24) is 14.5 Å². The minimum Gasteiger partial charge on any atom is -0.356 e. The molecule has 1 aromatic carbocycles. The lowest BCUT2D eigenvalue weighted by atomic mass is 10.1. The van der Waals surface area contributed by atoms with E-state index in [9.17, 15) is 22.4 Å². The first kappa shape index (κ1) is 20.6. The highest BCUT2D eigenvalue weighted by Crippen LogP contribution is 2.37. The largest absolute Gasteiger partial charge is 0.393 e. The van der Waals surface area contributed by atoms with E-state index in [0.717, 1.165) is 6.07 Å². The zero-order valence-corrected chi connectivity index (χ0v) is 16.9. The Bertz CT molecular complexity index is 1210. The monoisotopic (exact) mass is 440 g/mol. The van der Waals surface area contributed by atoms with Gasteiger partial charge in [-0.3, -0.25) is 9.36 Å². The number of anilines is 1. The van der Waals surface area contributed by atoms with Gasteiger partial charge in [0, 0.05) is 36.8 Å². The number of rotatable bonds is 2. The molecule has 1 aliphatic rings. The van der Waals surface area contributed by atoms with E-state index < -0.39 is 23.5 Å². The maximum Gasteiger partial charge on any atom is 0.393 e. The fraction of sp³-hybridized carbons (Fsp3) is 0.350. The van der Waals surface area contributed by atoms with Crippen LogP contribution in [0.1, 0.15) is 12.2 Å². The number of halogens is 5. The highest BCUT2D eigenvalue weighted by atomic mass is 35.5. The van der Waals surface area contributed by atoms with Crippen molar-refractivity contribution in [2.24, 2.45) is 13.0 Å². The van der Waals surface area contributed by atoms with Crippen LogP contribution in [0.15, 0.2) is 29.1 Å². The van der Waals surface area contributed by atoms with Crippen LogP contribution in [0, 0.1) is 18.7 Å². The van der Waals surface area contributed by atoms with E-state index in [2.05, 4.69) is 9.97 Å². The van der Waals surface area contributed by atoms with Gasteiger partial charge >= 0.3 is 6.18 Å². The Labute approximate surface area is 173 Å². The summed E-state index contributed by atoms with van der Waals surface area (Å²) in [6.45, 7) is 1.53. The number of aryl methyl sites for hydroxylation is 1. The molecular weight excluding hydrogens is 424 g/mol. The summed E-state index contributed by atoms with van der Waals surface area (Å²) >= 11 is 5.84. The molecule has 1 atom stereocenters. The Morgan fingerprint density at radius 2 is 1.93 bits per heavy atom. The second kappa shape index (κ2) is 7.23. The van der Waals surface area contributed by atoms with Gasteiger partial charge in [0.2, 0.25) is 0 Å². The molecule has 158 valence electrons. The van der Waals surface area contributed by atoms with Crippen molar-refractivity contribution in [2.45, 2.75) is 19.5 Å². The molecule has 0 amide bonds. The lowest BCUT2D eigenvalue weighted by Crippen LogP contribution is -2.28. The molecule has 30 heavy (non-hydrogen) atoms. The fourth-order valence-electron chi connectivity index (χ4n) is 3.66. The average Bonchev–Trinajstić information content (AvgIpc) is 3.16. The molecule has 2 aromatic heterocycles. The Morgan fingerprint density at radius 3 is 2.57 bits per heavy atom. The summed E-state index contributed by atoms with van der Waals surface area (Å²) in [5.74, 6) is -1.52. The minimum absolute atomic E-state index is 0.0280. The maximum atomic E-state index is 14.7. The van der Waals surface area contributed by atoms with E-state index in [1.165, 1.54) is 34.7 Å². The molecule has 0 bridgehead atoms. The first-order chi connectivity index (χ1) is 14.1. The number of benzene rings is 1. The summed E-state index contributed by atoms with van der Waals surface area (Å²) in [5, 5.41) is 0.269. The number of hydrogen-bond acceptors (Lipinski definition) is 4. The van der Waals surface area contributed by atoms with E-state index in [-0.39, 0.29) is 52.5 Å². The molecule has 1 saturated heterocycles. The number of nitrogens with zero attached hydrogens (tertiary/aromatic N) is 4. The van der Waals surface area contributed by atoms with Crippen molar-refractivity contribution in [3.05, 3.63) is 51.3 Å². The predicted octanol–water partition coefficient (Wildman–Crippen LogP) is 4.49. The molecular formula is C20H17ClF4N4O. The molecule has 4 rings (SSSR count).